The maximum Gasteiger partial charge on any atom is 0.251 e. The van der Waals surface area contributed by atoms with Crippen LogP contribution in [0.15, 0.2) is 72.9 Å². The van der Waals surface area contributed by atoms with Crippen LogP contribution in [0.1, 0.15) is 21.9 Å². The number of rotatable bonds is 8. The van der Waals surface area contributed by atoms with Gasteiger partial charge < -0.3 is 19.7 Å². The van der Waals surface area contributed by atoms with E-state index in [-0.39, 0.29) is 25.7 Å². The Hall–Kier alpha value is -3.71. The zero-order valence-electron chi connectivity index (χ0n) is 16.4. The lowest BCUT2D eigenvalue weighted by molar-refractivity contribution is 0.0945. The van der Waals surface area contributed by atoms with Gasteiger partial charge in [-0.05, 0) is 42.5 Å². The number of carbonyl (C=O) groups is 1. The van der Waals surface area contributed by atoms with Crippen LogP contribution in [0.3, 0.4) is 0 Å². The number of aromatic nitrogens is 3. The molecule has 0 aliphatic heterocycles. The van der Waals surface area contributed by atoms with Gasteiger partial charge in [0.05, 0.1) is 29.9 Å². The van der Waals surface area contributed by atoms with Crippen molar-refractivity contribution < 1.29 is 14.6 Å². The molecule has 0 spiro atoms. The van der Waals surface area contributed by atoms with E-state index >= 15 is 0 Å². The van der Waals surface area contributed by atoms with Crippen molar-refractivity contribution >= 4 is 16.9 Å². The van der Waals surface area contributed by atoms with E-state index in [2.05, 4.69) is 14.9 Å². The SMILES string of the molecule is O=C(NCCO)c1ccc2c(c1)nc(COc1ccccc1)n2Cc1ccccn1. The topological polar surface area (TPSA) is 89.3 Å². The highest BCUT2D eigenvalue weighted by Crippen LogP contribution is 2.21. The molecule has 0 aliphatic rings. The number of imidazole rings is 1. The largest absolute Gasteiger partial charge is 0.486 e. The standard InChI is InChI=1S/C23H22N4O3/c28-13-12-25-23(29)17-9-10-21-20(14-17)26-22(16-30-19-7-2-1-3-8-19)27(21)15-18-6-4-5-11-24-18/h1-11,14,28H,12-13,15-16H2,(H,25,29). The molecule has 0 radical (unpaired) electrons. The Morgan fingerprint density at radius 2 is 1.90 bits per heavy atom. The number of pyridine rings is 1. The second-order valence-corrected chi connectivity index (χ2v) is 6.72. The van der Waals surface area contributed by atoms with Crippen molar-refractivity contribution in [1.82, 2.24) is 19.9 Å². The van der Waals surface area contributed by atoms with Crippen LogP contribution in [0.5, 0.6) is 5.75 Å². The highest BCUT2D eigenvalue weighted by molar-refractivity contribution is 5.97. The summed E-state index contributed by atoms with van der Waals surface area (Å²) in [4.78, 5) is 21.4. The zero-order chi connectivity index (χ0) is 20.8. The van der Waals surface area contributed by atoms with Gasteiger partial charge in [-0.25, -0.2) is 4.98 Å². The van der Waals surface area contributed by atoms with Crippen molar-refractivity contribution in [2.75, 3.05) is 13.2 Å². The number of benzene rings is 2. The second-order valence-electron chi connectivity index (χ2n) is 6.72. The summed E-state index contributed by atoms with van der Waals surface area (Å²) in [6.45, 7) is 0.938. The minimum absolute atomic E-state index is 0.104. The molecule has 0 saturated carbocycles. The number of hydrogen-bond acceptors (Lipinski definition) is 5. The Bertz CT molecular complexity index is 1130. The molecule has 0 aliphatic carbocycles. The molecule has 4 rings (SSSR count). The van der Waals surface area contributed by atoms with E-state index in [1.807, 2.05) is 54.6 Å². The first-order valence-electron chi connectivity index (χ1n) is 9.70. The lowest BCUT2D eigenvalue weighted by Gasteiger charge is -2.10. The van der Waals surface area contributed by atoms with E-state index in [0.29, 0.717) is 17.6 Å². The van der Waals surface area contributed by atoms with Crippen molar-refractivity contribution in [3.8, 4) is 5.75 Å². The number of aliphatic hydroxyl groups is 1. The molecule has 0 fully saturated rings. The molecule has 2 aromatic heterocycles. The van der Waals surface area contributed by atoms with E-state index < -0.39 is 0 Å². The number of carbonyl (C=O) groups excluding carboxylic acids is 1. The zero-order valence-corrected chi connectivity index (χ0v) is 16.4. The monoisotopic (exact) mass is 402 g/mol. The van der Waals surface area contributed by atoms with Crippen LogP contribution < -0.4 is 10.1 Å². The van der Waals surface area contributed by atoms with Crippen molar-refractivity contribution in [2.45, 2.75) is 13.2 Å². The first-order chi connectivity index (χ1) is 14.7. The van der Waals surface area contributed by atoms with Crippen LogP contribution in [-0.4, -0.2) is 38.7 Å². The summed E-state index contributed by atoms with van der Waals surface area (Å²) >= 11 is 0. The van der Waals surface area contributed by atoms with Crippen molar-refractivity contribution in [2.24, 2.45) is 0 Å². The summed E-state index contributed by atoms with van der Waals surface area (Å²) in [6.07, 6.45) is 1.76. The molecular formula is C23H22N4O3. The second kappa shape index (κ2) is 9.19. The minimum Gasteiger partial charge on any atom is -0.486 e. The van der Waals surface area contributed by atoms with E-state index in [9.17, 15) is 4.79 Å². The molecule has 2 N–H and O–H groups in total. The average molecular weight is 402 g/mol. The van der Waals surface area contributed by atoms with Gasteiger partial charge in [0.1, 0.15) is 18.2 Å². The smallest absolute Gasteiger partial charge is 0.251 e. The number of ether oxygens (including phenoxy) is 1. The van der Waals surface area contributed by atoms with Gasteiger partial charge in [-0.15, -0.1) is 0 Å². The third kappa shape index (κ3) is 4.47. The molecule has 7 heteroatoms. The molecule has 0 unspecified atom stereocenters. The van der Waals surface area contributed by atoms with Crippen LogP contribution in [0.25, 0.3) is 11.0 Å². The molecule has 2 aromatic carbocycles. The Labute approximate surface area is 174 Å². The fourth-order valence-electron chi connectivity index (χ4n) is 3.20. The van der Waals surface area contributed by atoms with Gasteiger partial charge in [-0.3, -0.25) is 9.78 Å². The summed E-state index contributed by atoms with van der Waals surface area (Å²) in [6, 6.07) is 20.8. The molecule has 1 amide bonds. The number of fused-ring (bicyclic) bond motifs is 1. The Morgan fingerprint density at radius 1 is 1.07 bits per heavy atom. The fourth-order valence-corrected chi connectivity index (χ4v) is 3.20. The first kappa shape index (κ1) is 19.6. The lowest BCUT2D eigenvalue weighted by Crippen LogP contribution is -2.26. The number of nitrogens with one attached hydrogen (secondary N) is 1. The molecule has 0 atom stereocenters. The molecule has 2 heterocycles. The number of para-hydroxylation sites is 1. The van der Waals surface area contributed by atoms with Gasteiger partial charge in [0.25, 0.3) is 5.91 Å². The molecule has 152 valence electrons. The van der Waals surface area contributed by atoms with Crippen LogP contribution in [0.4, 0.5) is 0 Å². The van der Waals surface area contributed by atoms with Crippen molar-refractivity contribution in [1.29, 1.82) is 0 Å². The molecule has 0 saturated heterocycles. The number of hydrogen-bond donors (Lipinski definition) is 2. The average Bonchev–Trinajstić information content (AvgIpc) is 3.14. The first-order valence-corrected chi connectivity index (χ1v) is 9.70. The van der Waals surface area contributed by atoms with E-state index in [1.54, 1.807) is 18.3 Å². The van der Waals surface area contributed by atoms with Crippen LogP contribution >= 0.6 is 0 Å². The quantitative estimate of drug-likeness (QED) is 0.473. The maximum atomic E-state index is 12.2. The number of amides is 1. The van der Waals surface area contributed by atoms with Crippen LogP contribution in [-0.2, 0) is 13.2 Å². The Balaban J connectivity index is 1.67. The summed E-state index contributed by atoms with van der Waals surface area (Å²) < 4.78 is 7.97. The van der Waals surface area contributed by atoms with E-state index in [0.717, 1.165) is 22.8 Å². The number of aliphatic hydroxyl groups excluding tert-OH is 1. The highest BCUT2D eigenvalue weighted by atomic mass is 16.5. The molecular weight excluding hydrogens is 380 g/mol. The van der Waals surface area contributed by atoms with Crippen molar-refractivity contribution in [3.05, 3.63) is 90.0 Å². The van der Waals surface area contributed by atoms with E-state index in [4.69, 9.17) is 14.8 Å². The minimum atomic E-state index is -0.243. The predicted molar refractivity (Wildman–Crippen MR) is 113 cm³/mol. The van der Waals surface area contributed by atoms with Crippen LogP contribution in [0.2, 0.25) is 0 Å². The third-order valence-corrected chi connectivity index (χ3v) is 4.64. The fraction of sp³-hybridized carbons (Fsp3) is 0.174. The van der Waals surface area contributed by atoms with Gasteiger partial charge in [0.15, 0.2) is 0 Å². The van der Waals surface area contributed by atoms with Gasteiger partial charge in [0.2, 0.25) is 0 Å². The van der Waals surface area contributed by atoms with Gasteiger partial charge >= 0.3 is 0 Å². The normalized spacial score (nSPS) is 10.8. The highest BCUT2D eigenvalue weighted by Gasteiger charge is 2.15. The van der Waals surface area contributed by atoms with Gasteiger partial charge in [-0.2, -0.15) is 0 Å². The maximum absolute atomic E-state index is 12.2. The van der Waals surface area contributed by atoms with Crippen LogP contribution in [0, 0.1) is 0 Å². The summed E-state index contributed by atoms with van der Waals surface area (Å²) in [5.41, 5.74) is 3.00. The lowest BCUT2D eigenvalue weighted by atomic mass is 10.2. The Kier molecular flexibility index (Phi) is 6.01. The molecule has 30 heavy (non-hydrogen) atoms. The predicted octanol–water partition coefficient (Wildman–Crippen LogP) is 2.78. The summed E-state index contributed by atoms with van der Waals surface area (Å²) in [7, 11) is 0. The number of nitrogens with zero attached hydrogens (tertiary/aromatic N) is 3. The molecule has 4 aromatic rings. The van der Waals surface area contributed by atoms with E-state index in [1.165, 1.54) is 0 Å². The summed E-state index contributed by atoms with van der Waals surface area (Å²) in [5.74, 6) is 1.26. The van der Waals surface area contributed by atoms with Gasteiger partial charge in [-0.1, -0.05) is 24.3 Å². The van der Waals surface area contributed by atoms with Crippen molar-refractivity contribution in [3.63, 3.8) is 0 Å². The molecule has 7 nitrogen and oxygen atoms in total. The molecule has 0 bridgehead atoms. The summed E-state index contributed by atoms with van der Waals surface area (Å²) in [5, 5.41) is 11.6. The third-order valence-electron chi connectivity index (χ3n) is 4.64. The van der Waals surface area contributed by atoms with Gasteiger partial charge in [0, 0.05) is 18.3 Å². The Morgan fingerprint density at radius 3 is 2.67 bits per heavy atom.